The average molecular weight is 266 g/mol. The Balaban J connectivity index is 2.57. The number of ether oxygens (including phenoxy) is 1. The second kappa shape index (κ2) is 7.59. The van der Waals surface area contributed by atoms with Gasteiger partial charge in [-0.1, -0.05) is 34.6 Å². The van der Waals surface area contributed by atoms with Crippen molar-refractivity contribution in [2.75, 3.05) is 32.8 Å². The van der Waals surface area contributed by atoms with Gasteiger partial charge in [-0.15, -0.1) is 0 Å². The Labute approximate surface area is 118 Å². The van der Waals surface area contributed by atoms with E-state index in [1.165, 1.54) is 0 Å². The first-order valence-electron chi connectivity index (χ1n) is 7.36. The Morgan fingerprint density at radius 3 is 2.42 bits per heavy atom. The standard InChI is InChI=1S/C16H30N2O/c1-14(2)13-19-15(16(3,4)5)7-6-10-18-11-8-17-9-12-18/h6-7,10,14,17H,8-9,11-13H2,1-5H3. The molecule has 110 valence electrons. The summed E-state index contributed by atoms with van der Waals surface area (Å²) in [5, 5.41) is 3.36. The fourth-order valence-corrected chi connectivity index (χ4v) is 1.85. The highest BCUT2D eigenvalue weighted by Crippen LogP contribution is 2.26. The highest BCUT2D eigenvalue weighted by Gasteiger charge is 2.18. The Morgan fingerprint density at radius 2 is 1.89 bits per heavy atom. The van der Waals surface area contributed by atoms with Crippen LogP contribution in [0.5, 0.6) is 0 Å². The van der Waals surface area contributed by atoms with E-state index in [0.29, 0.717) is 5.92 Å². The van der Waals surface area contributed by atoms with Crippen molar-refractivity contribution in [1.29, 1.82) is 0 Å². The molecule has 0 spiro atoms. The molecule has 3 nitrogen and oxygen atoms in total. The molecule has 0 aliphatic carbocycles. The molecule has 1 fully saturated rings. The van der Waals surface area contributed by atoms with Gasteiger partial charge >= 0.3 is 0 Å². The monoisotopic (exact) mass is 266 g/mol. The minimum atomic E-state index is 0.0582. The van der Waals surface area contributed by atoms with Gasteiger partial charge in [0.1, 0.15) is 5.76 Å². The van der Waals surface area contributed by atoms with Gasteiger partial charge in [0.2, 0.25) is 0 Å². The van der Waals surface area contributed by atoms with E-state index in [1.807, 2.05) is 0 Å². The van der Waals surface area contributed by atoms with Crippen LogP contribution < -0.4 is 5.32 Å². The zero-order valence-electron chi connectivity index (χ0n) is 13.2. The van der Waals surface area contributed by atoms with Crippen LogP contribution in [-0.4, -0.2) is 37.7 Å². The van der Waals surface area contributed by atoms with Gasteiger partial charge in [0.25, 0.3) is 0 Å². The van der Waals surface area contributed by atoms with E-state index in [4.69, 9.17) is 4.74 Å². The third-order valence-corrected chi connectivity index (χ3v) is 3.01. The fourth-order valence-electron chi connectivity index (χ4n) is 1.85. The van der Waals surface area contributed by atoms with Gasteiger partial charge in [-0.3, -0.25) is 0 Å². The second-order valence-electron chi connectivity index (χ2n) is 6.61. The number of allylic oxidation sites excluding steroid dienone is 3. The quantitative estimate of drug-likeness (QED) is 0.611. The summed E-state index contributed by atoms with van der Waals surface area (Å²) in [7, 11) is 0. The second-order valence-corrected chi connectivity index (χ2v) is 6.61. The number of hydrogen-bond donors (Lipinski definition) is 1. The van der Waals surface area contributed by atoms with Gasteiger partial charge in [0.15, 0.2) is 0 Å². The van der Waals surface area contributed by atoms with Crippen LogP contribution >= 0.6 is 0 Å². The summed E-state index contributed by atoms with van der Waals surface area (Å²) in [6.07, 6.45) is 6.40. The molecule has 3 heteroatoms. The molecule has 1 aliphatic rings. The predicted octanol–water partition coefficient (Wildman–Crippen LogP) is 3.01. The maximum atomic E-state index is 5.94. The van der Waals surface area contributed by atoms with E-state index >= 15 is 0 Å². The zero-order chi connectivity index (χ0) is 14.3. The molecule has 0 saturated carbocycles. The van der Waals surface area contributed by atoms with E-state index < -0.39 is 0 Å². The van der Waals surface area contributed by atoms with Crippen molar-refractivity contribution in [2.45, 2.75) is 34.6 Å². The Morgan fingerprint density at radius 1 is 1.26 bits per heavy atom. The lowest BCUT2D eigenvalue weighted by molar-refractivity contribution is 0.129. The highest BCUT2D eigenvalue weighted by atomic mass is 16.5. The third kappa shape index (κ3) is 6.67. The lowest BCUT2D eigenvalue weighted by Gasteiger charge is -2.26. The summed E-state index contributed by atoms with van der Waals surface area (Å²) in [6.45, 7) is 16.0. The average Bonchev–Trinajstić information content (AvgIpc) is 2.33. The minimum Gasteiger partial charge on any atom is -0.497 e. The Bertz CT molecular complexity index is 307. The molecule has 0 bridgehead atoms. The van der Waals surface area contributed by atoms with E-state index in [0.717, 1.165) is 38.5 Å². The first-order valence-corrected chi connectivity index (χ1v) is 7.36. The van der Waals surface area contributed by atoms with Crippen molar-refractivity contribution >= 4 is 0 Å². The maximum Gasteiger partial charge on any atom is 0.101 e. The van der Waals surface area contributed by atoms with Crippen LogP contribution in [-0.2, 0) is 4.74 Å². The molecule has 1 heterocycles. The Kier molecular flexibility index (Phi) is 6.43. The molecular formula is C16H30N2O. The summed E-state index contributed by atoms with van der Waals surface area (Å²) in [5.41, 5.74) is 0.0582. The van der Waals surface area contributed by atoms with E-state index in [1.54, 1.807) is 0 Å². The highest BCUT2D eigenvalue weighted by molar-refractivity contribution is 5.12. The van der Waals surface area contributed by atoms with Crippen LogP contribution in [0.1, 0.15) is 34.6 Å². The van der Waals surface area contributed by atoms with Crippen LogP contribution in [0.3, 0.4) is 0 Å². The van der Waals surface area contributed by atoms with Crippen molar-refractivity contribution < 1.29 is 4.74 Å². The summed E-state index contributed by atoms with van der Waals surface area (Å²) in [6, 6.07) is 0. The lowest BCUT2D eigenvalue weighted by atomic mass is 9.93. The molecule has 0 atom stereocenters. The molecular weight excluding hydrogens is 236 g/mol. The first-order chi connectivity index (χ1) is 8.89. The molecule has 1 N–H and O–H groups in total. The van der Waals surface area contributed by atoms with Gasteiger partial charge in [-0.05, 0) is 24.3 Å². The Hall–Kier alpha value is -0.960. The smallest absolute Gasteiger partial charge is 0.101 e. The number of hydrogen-bond acceptors (Lipinski definition) is 3. The van der Waals surface area contributed by atoms with Gasteiger partial charge in [0.05, 0.1) is 6.61 Å². The summed E-state index contributed by atoms with van der Waals surface area (Å²) < 4.78 is 5.94. The number of nitrogens with one attached hydrogen (secondary N) is 1. The lowest BCUT2D eigenvalue weighted by Crippen LogP contribution is -2.40. The van der Waals surface area contributed by atoms with E-state index in [-0.39, 0.29) is 5.41 Å². The van der Waals surface area contributed by atoms with Crippen LogP contribution in [0.4, 0.5) is 0 Å². The molecule has 1 aliphatic heterocycles. The molecule has 0 aromatic heterocycles. The largest absolute Gasteiger partial charge is 0.497 e. The molecule has 1 saturated heterocycles. The number of nitrogens with zero attached hydrogens (tertiary/aromatic N) is 1. The predicted molar refractivity (Wildman–Crippen MR) is 81.9 cm³/mol. The van der Waals surface area contributed by atoms with Crippen molar-refractivity contribution in [3.63, 3.8) is 0 Å². The van der Waals surface area contributed by atoms with Gasteiger partial charge in [-0.2, -0.15) is 0 Å². The third-order valence-electron chi connectivity index (χ3n) is 3.01. The van der Waals surface area contributed by atoms with E-state index in [9.17, 15) is 0 Å². The molecule has 0 aromatic carbocycles. The van der Waals surface area contributed by atoms with Gasteiger partial charge < -0.3 is 15.0 Å². The number of rotatable bonds is 5. The molecule has 0 radical (unpaired) electrons. The zero-order valence-corrected chi connectivity index (χ0v) is 13.2. The van der Waals surface area contributed by atoms with E-state index in [2.05, 4.69) is 63.2 Å². The van der Waals surface area contributed by atoms with Crippen molar-refractivity contribution in [3.05, 3.63) is 24.1 Å². The van der Waals surface area contributed by atoms with Gasteiger partial charge in [-0.25, -0.2) is 0 Å². The van der Waals surface area contributed by atoms with Crippen LogP contribution in [0, 0.1) is 11.3 Å². The minimum absolute atomic E-state index is 0.0582. The van der Waals surface area contributed by atoms with Crippen LogP contribution in [0.25, 0.3) is 0 Å². The molecule has 19 heavy (non-hydrogen) atoms. The fraction of sp³-hybridized carbons (Fsp3) is 0.750. The summed E-state index contributed by atoms with van der Waals surface area (Å²) in [5.74, 6) is 1.62. The molecule has 0 unspecified atom stereocenters. The molecule has 1 rings (SSSR count). The van der Waals surface area contributed by atoms with Crippen LogP contribution in [0.2, 0.25) is 0 Å². The summed E-state index contributed by atoms with van der Waals surface area (Å²) >= 11 is 0. The van der Waals surface area contributed by atoms with Crippen molar-refractivity contribution in [2.24, 2.45) is 11.3 Å². The molecule has 0 amide bonds. The first kappa shape index (κ1) is 16.1. The van der Waals surface area contributed by atoms with Crippen molar-refractivity contribution in [1.82, 2.24) is 10.2 Å². The maximum absolute atomic E-state index is 5.94. The SMILES string of the molecule is CC(C)COC(=CC=CN1CCNCC1)C(C)(C)C. The summed E-state index contributed by atoms with van der Waals surface area (Å²) in [4.78, 5) is 2.34. The van der Waals surface area contributed by atoms with Gasteiger partial charge in [0, 0.05) is 31.6 Å². The van der Waals surface area contributed by atoms with Crippen molar-refractivity contribution in [3.8, 4) is 0 Å². The topological polar surface area (TPSA) is 24.5 Å². The molecule has 0 aromatic rings. The van der Waals surface area contributed by atoms with Crippen LogP contribution in [0.15, 0.2) is 24.1 Å². The number of piperazine rings is 1. The normalized spacial score (nSPS) is 18.4.